The highest BCUT2D eigenvalue weighted by Crippen LogP contribution is 2.37. The van der Waals surface area contributed by atoms with Crippen molar-refractivity contribution in [1.29, 1.82) is 0 Å². The average molecular weight is 2230 g/mol. The van der Waals surface area contributed by atoms with E-state index in [4.69, 9.17) is 0 Å². The number of halogens is 14. The summed E-state index contributed by atoms with van der Waals surface area (Å²) in [5, 5.41) is -23.6. The predicted molar refractivity (Wildman–Crippen MR) is 515 cm³/mol. The molecule has 0 aliphatic carbocycles. The molecular weight excluding hydrogens is 2140 g/mol. The lowest BCUT2D eigenvalue weighted by Crippen LogP contribution is -2.35. The van der Waals surface area contributed by atoms with Gasteiger partial charge < -0.3 is 46.4 Å². The Balaban J connectivity index is 0.000000346. The SMILES string of the molecule is C=C(C(=O)OCC(F)(F)S(=O)(=O)[O-])C(F)(F)F.C=C(C)C(=O)OCC(F)(F)S(=O)(=O)[O-].C=C(F)C(=O)OCC(F)(F)S(=O)(=O)[O-].C=CC(=O)OCC(F)(F)S(=O)(=O)[O-].C=CC(=O)OCC(F)(F)S(=O)(=O)[O-].c1ccc([S+](c2ccccc2)c2ccccc2)cc1.c1ccc([S+](c2ccccc2)c2ccccc2)cc1.c1ccc([S+](c2ccccc2)c2ccccc2)cc1.c1ccc([S+](c2ccccc2)c2ccccc2)cc1. The first kappa shape index (κ1) is 126. The molecule has 147 heavy (non-hydrogen) atoms. The molecule has 0 atom stereocenters. The minimum atomic E-state index is -6.13. The maximum absolute atomic E-state index is 12.4. The van der Waals surface area contributed by atoms with Crippen LogP contribution in [0.2, 0.25) is 0 Å². The van der Waals surface area contributed by atoms with E-state index in [9.17, 15) is 150 Å². The molecule has 0 aromatic heterocycles. The Kier molecular flexibility index (Phi) is 50.9. The zero-order chi connectivity index (χ0) is 110. The molecule has 0 spiro atoms. The van der Waals surface area contributed by atoms with Gasteiger partial charge in [0, 0.05) is 17.7 Å². The van der Waals surface area contributed by atoms with E-state index in [1.807, 2.05) is 0 Å². The third-order valence-corrected chi connectivity index (χ3v) is 30.1. The molecule has 12 aromatic rings. The van der Waals surface area contributed by atoms with E-state index in [0.717, 1.165) is 0 Å². The summed E-state index contributed by atoms with van der Waals surface area (Å²) in [6, 6.07) is 129. The number of hydrogen-bond donors (Lipinski definition) is 0. The van der Waals surface area contributed by atoms with Gasteiger partial charge in [0.15, 0.2) is 142 Å². The fourth-order valence-corrected chi connectivity index (χ4v) is 19.4. The van der Waals surface area contributed by atoms with E-state index >= 15 is 0 Å². The molecule has 48 heteroatoms. The van der Waals surface area contributed by atoms with Crippen molar-refractivity contribution in [3.05, 3.63) is 426 Å². The van der Waals surface area contributed by atoms with Gasteiger partial charge in [-0.15, -0.1) is 0 Å². The third-order valence-electron chi connectivity index (χ3n) is 16.9. The molecule has 0 radical (unpaired) electrons. The van der Waals surface area contributed by atoms with Crippen LogP contribution >= 0.6 is 0 Å². The van der Waals surface area contributed by atoms with E-state index in [-0.39, 0.29) is 49.2 Å². The molecule has 784 valence electrons. The van der Waals surface area contributed by atoms with Crippen LogP contribution in [0.15, 0.2) is 485 Å². The van der Waals surface area contributed by atoms with E-state index in [0.29, 0.717) is 12.2 Å². The number of esters is 5. The van der Waals surface area contributed by atoms with Gasteiger partial charge in [-0.2, -0.15) is 61.5 Å². The molecule has 12 rings (SSSR count). The largest absolute Gasteiger partial charge is 0.743 e. The number of carbonyl (C=O) groups excluding carboxylic acids is 5. The van der Waals surface area contributed by atoms with Crippen molar-refractivity contribution in [2.24, 2.45) is 0 Å². The van der Waals surface area contributed by atoms with Crippen LogP contribution in [0.5, 0.6) is 0 Å². The molecule has 25 nitrogen and oxygen atoms in total. The smallest absolute Gasteiger partial charge is 0.422 e. The zero-order valence-electron chi connectivity index (χ0n) is 76.0. The first-order chi connectivity index (χ1) is 68.6. The van der Waals surface area contributed by atoms with Gasteiger partial charge in [0.05, 0.1) is 43.6 Å². The van der Waals surface area contributed by atoms with Crippen molar-refractivity contribution in [2.45, 2.75) is 98.1 Å². The van der Waals surface area contributed by atoms with Crippen LogP contribution < -0.4 is 0 Å². The molecule has 12 aromatic carbocycles. The van der Waals surface area contributed by atoms with Gasteiger partial charge in [-0.1, -0.05) is 251 Å². The molecule has 0 aliphatic heterocycles. The monoisotopic (exact) mass is 2230 g/mol. The number of benzene rings is 12. The van der Waals surface area contributed by atoms with Gasteiger partial charge in [-0.25, -0.2) is 66.1 Å². The Morgan fingerprint density at radius 2 is 0.381 bits per heavy atom. The topological polar surface area (TPSA) is 418 Å². The Morgan fingerprint density at radius 3 is 0.497 bits per heavy atom. The van der Waals surface area contributed by atoms with Crippen LogP contribution in [0.1, 0.15) is 6.92 Å². The second-order valence-electron chi connectivity index (χ2n) is 28.0. The quantitative estimate of drug-likeness (QED) is 0.00943. The molecule has 0 N–H and O–H groups in total. The average Bonchev–Trinajstić information content (AvgIpc) is 0.819. The number of hydrogen-bond acceptors (Lipinski definition) is 25. The molecule has 0 bridgehead atoms. The summed E-state index contributed by atoms with van der Waals surface area (Å²) >= 11 is 0. The molecular formula is C99H85F14O25S9-. The number of ether oxygens (including phenoxy) is 5. The first-order valence-electron chi connectivity index (χ1n) is 40.8. The van der Waals surface area contributed by atoms with Crippen molar-refractivity contribution in [1.82, 2.24) is 0 Å². The first-order valence-corrected chi connectivity index (χ1v) is 52.7. The second kappa shape index (κ2) is 59.5. The lowest BCUT2D eigenvalue weighted by molar-refractivity contribution is -0.156. The second-order valence-corrected chi connectivity index (χ2v) is 43.6. The molecule has 0 amide bonds. The number of carbonyl (C=O) groups is 5. The molecule has 0 saturated carbocycles. The van der Waals surface area contributed by atoms with Gasteiger partial charge in [-0.3, -0.25) is 0 Å². The Morgan fingerprint density at radius 1 is 0.252 bits per heavy atom. The van der Waals surface area contributed by atoms with Crippen LogP contribution in [0.3, 0.4) is 0 Å². The lowest BCUT2D eigenvalue weighted by atomic mass is 10.3. The van der Waals surface area contributed by atoms with Gasteiger partial charge in [-0.05, 0) is 153 Å². The highest BCUT2D eigenvalue weighted by Gasteiger charge is 2.45. The van der Waals surface area contributed by atoms with Gasteiger partial charge >= 0.3 is 62.3 Å². The highest BCUT2D eigenvalue weighted by atomic mass is 32.2. The van der Waals surface area contributed by atoms with E-state index in [1.165, 1.54) is 65.7 Å². The summed E-state index contributed by atoms with van der Waals surface area (Å²) < 4.78 is 336. The molecule has 0 saturated heterocycles. The number of alkyl halides is 13. The normalized spacial score (nSPS) is 11.5. The fourth-order valence-electron chi connectivity index (χ4n) is 9.95. The fraction of sp³-hybridized carbons (Fsp3) is 0.121. The van der Waals surface area contributed by atoms with E-state index < -0.39 is 157 Å². The Hall–Kier alpha value is -13.3. The van der Waals surface area contributed by atoms with Crippen molar-refractivity contribution < 1.29 is 174 Å². The molecule has 0 heterocycles. The van der Waals surface area contributed by atoms with Crippen LogP contribution in [0, 0.1) is 0 Å². The molecule has 0 aliphatic rings. The highest BCUT2D eigenvalue weighted by molar-refractivity contribution is 7.98. The summed E-state index contributed by atoms with van der Waals surface area (Å²) in [6.07, 6.45) is -4.08. The van der Waals surface area contributed by atoms with Gasteiger partial charge in [0.2, 0.25) is 5.83 Å². The number of rotatable bonds is 32. The summed E-state index contributed by atoms with van der Waals surface area (Å²) in [4.78, 5) is 68.0. The summed E-state index contributed by atoms with van der Waals surface area (Å²) in [5.74, 6) is -9.47. The maximum atomic E-state index is 12.4. The van der Waals surface area contributed by atoms with Gasteiger partial charge in [0.1, 0.15) is 5.57 Å². The predicted octanol–water partition coefficient (Wildman–Crippen LogP) is 20.0. The standard InChI is InChI=1S/4C18H15S.C6H5F5O5S.C6H8F2O5S.C5H5F3O5S.2C5H6F2O5S/c4*1-4-10-16(11-5-1)19(17-12-6-2-7-13-17)18-14-8-3-9-15-18;1-3(6(9,10)11)4(12)16-2-5(7,8)17(13,14)15;1-4(2)5(9)13-3-6(7,8)14(10,11)12;1-3(6)4(9)13-2-5(7,8)14(10,11)12;2*1-2-4(8)12-3-5(6,7)13(9,10)11/h4*1-15H;1-2H2,(H,13,14,15);1,3H2,2H3,(H,10,11,12);1-2H2,(H,10,11,12);2*2H,1,3H2,(H,9,10,11)/q4*+1;;;;;/p-5. The van der Waals surface area contributed by atoms with Crippen molar-refractivity contribution in [3.8, 4) is 0 Å². The van der Waals surface area contributed by atoms with Crippen LogP contribution in [-0.4, -0.2) is 160 Å². The molecule has 0 fully saturated rings. The van der Waals surface area contributed by atoms with E-state index in [1.54, 1.807) is 0 Å². The zero-order valence-corrected chi connectivity index (χ0v) is 83.4. The lowest BCUT2D eigenvalue weighted by Gasteiger charge is -2.19. The maximum Gasteiger partial charge on any atom is 0.422 e. The molecule has 0 unspecified atom stereocenters. The minimum Gasteiger partial charge on any atom is -0.743 e. The van der Waals surface area contributed by atoms with E-state index in [2.05, 4.69) is 421 Å². The minimum absolute atomic E-state index is 0.0146. The van der Waals surface area contributed by atoms with Crippen LogP contribution in [0.4, 0.5) is 61.5 Å². The van der Waals surface area contributed by atoms with Crippen molar-refractivity contribution in [3.63, 3.8) is 0 Å². The Labute approximate surface area is 849 Å². The van der Waals surface area contributed by atoms with Crippen LogP contribution in [-0.2, 0) is 142 Å². The van der Waals surface area contributed by atoms with Crippen molar-refractivity contribution in [2.75, 3.05) is 33.0 Å². The Bertz CT molecular complexity index is 5840. The third kappa shape index (κ3) is 43.7. The summed E-state index contributed by atoms with van der Waals surface area (Å²) in [5.41, 5.74) is -2.28. The summed E-state index contributed by atoms with van der Waals surface area (Å²) in [6.45, 7) is 4.87. The summed E-state index contributed by atoms with van der Waals surface area (Å²) in [7, 11) is -29.5. The van der Waals surface area contributed by atoms with Gasteiger partial charge in [0.25, 0.3) is 0 Å². The van der Waals surface area contributed by atoms with Crippen molar-refractivity contribution >= 4 is 124 Å². The van der Waals surface area contributed by atoms with Crippen LogP contribution in [0.25, 0.3) is 0 Å².